The minimum absolute atomic E-state index is 0.0595. The van der Waals surface area contributed by atoms with Crippen LogP contribution in [-0.4, -0.2) is 37.0 Å². The molecule has 1 unspecified atom stereocenters. The molecule has 0 radical (unpaired) electrons. The van der Waals surface area contributed by atoms with Crippen molar-refractivity contribution in [2.45, 2.75) is 71.9 Å². The van der Waals surface area contributed by atoms with Crippen LogP contribution in [0.4, 0.5) is 0 Å². The molecule has 1 atom stereocenters. The van der Waals surface area contributed by atoms with Crippen molar-refractivity contribution in [2.75, 3.05) is 14.1 Å². The normalized spacial score (nSPS) is 26.0. The van der Waals surface area contributed by atoms with E-state index in [0.717, 1.165) is 5.92 Å². The fraction of sp³-hybridized carbons (Fsp3) is 0.938. The molecule has 0 aromatic rings. The molecule has 1 aliphatic rings. The lowest BCUT2D eigenvalue weighted by Gasteiger charge is -2.39. The first kappa shape index (κ1) is 16.5. The molecule has 0 spiro atoms. The standard InChI is InChI=1S/C16H32N2O/c1-7-16(3,4)13-8-10-14(11-9-13)17-12(2)15(19)18(5)6/h12-14,17H,7-11H2,1-6H3. The van der Waals surface area contributed by atoms with E-state index in [4.69, 9.17) is 0 Å². The summed E-state index contributed by atoms with van der Waals surface area (Å²) >= 11 is 0. The van der Waals surface area contributed by atoms with Crippen LogP contribution in [0, 0.1) is 11.3 Å². The van der Waals surface area contributed by atoms with E-state index < -0.39 is 0 Å². The maximum absolute atomic E-state index is 11.8. The molecule has 0 heterocycles. The highest BCUT2D eigenvalue weighted by Gasteiger charge is 2.32. The van der Waals surface area contributed by atoms with Crippen molar-refractivity contribution in [3.8, 4) is 0 Å². The minimum atomic E-state index is -0.0595. The predicted molar refractivity (Wildman–Crippen MR) is 81.1 cm³/mol. The molecule has 112 valence electrons. The van der Waals surface area contributed by atoms with Gasteiger partial charge in [-0.25, -0.2) is 0 Å². The molecule has 1 aliphatic carbocycles. The Labute approximate surface area is 119 Å². The number of carbonyl (C=O) groups excluding carboxylic acids is 1. The van der Waals surface area contributed by atoms with Gasteiger partial charge < -0.3 is 10.2 Å². The number of carbonyl (C=O) groups is 1. The summed E-state index contributed by atoms with van der Waals surface area (Å²) in [5.74, 6) is 1.02. The van der Waals surface area contributed by atoms with E-state index in [9.17, 15) is 4.79 Å². The zero-order valence-electron chi connectivity index (χ0n) is 13.6. The number of rotatable bonds is 5. The molecular formula is C16H32N2O. The van der Waals surface area contributed by atoms with Crippen molar-refractivity contribution in [2.24, 2.45) is 11.3 Å². The fourth-order valence-corrected chi connectivity index (χ4v) is 3.14. The molecule has 1 rings (SSSR count). The summed E-state index contributed by atoms with van der Waals surface area (Å²) in [5.41, 5.74) is 0.468. The van der Waals surface area contributed by atoms with E-state index >= 15 is 0 Å². The lowest BCUT2D eigenvalue weighted by molar-refractivity contribution is -0.130. The van der Waals surface area contributed by atoms with E-state index in [-0.39, 0.29) is 11.9 Å². The molecule has 0 aromatic heterocycles. The Morgan fingerprint density at radius 2 is 1.79 bits per heavy atom. The summed E-state index contributed by atoms with van der Waals surface area (Å²) in [6.45, 7) is 9.06. The molecule has 3 heteroatoms. The third-order valence-corrected chi connectivity index (χ3v) is 5.04. The monoisotopic (exact) mass is 268 g/mol. The highest BCUT2D eigenvalue weighted by Crippen LogP contribution is 2.40. The molecule has 0 aromatic carbocycles. The summed E-state index contributed by atoms with van der Waals surface area (Å²) in [6, 6.07) is 0.457. The van der Waals surface area contributed by atoms with Gasteiger partial charge in [0.1, 0.15) is 0 Å². The van der Waals surface area contributed by atoms with Gasteiger partial charge in [0.25, 0.3) is 0 Å². The average molecular weight is 268 g/mol. The number of nitrogens with zero attached hydrogens (tertiary/aromatic N) is 1. The van der Waals surface area contributed by atoms with Crippen molar-refractivity contribution >= 4 is 5.91 Å². The molecule has 0 bridgehead atoms. The molecule has 1 amide bonds. The Bertz CT molecular complexity index is 291. The van der Waals surface area contributed by atoms with Crippen LogP contribution in [0.5, 0.6) is 0 Å². The predicted octanol–water partition coefficient (Wildman–Crippen LogP) is 3.05. The van der Waals surface area contributed by atoms with E-state index in [2.05, 4.69) is 26.1 Å². The number of nitrogens with one attached hydrogen (secondary N) is 1. The summed E-state index contributed by atoms with van der Waals surface area (Å²) < 4.78 is 0. The van der Waals surface area contributed by atoms with Gasteiger partial charge in [0.05, 0.1) is 6.04 Å². The van der Waals surface area contributed by atoms with Crippen molar-refractivity contribution < 1.29 is 4.79 Å². The van der Waals surface area contributed by atoms with Crippen LogP contribution in [0.15, 0.2) is 0 Å². The second-order valence-electron chi connectivity index (χ2n) is 7.01. The first-order valence-corrected chi connectivity index (χ1v) is 7.75. The van der Waals surface area contributed by atoms with Crippen LogP contribution in [0.2, 0.25) is 0 Å². The quantitative estimate of drug-likeness (QED) is 0.831. The van der Waals surface area contributed by atoms with Gasteiger partial charge in [0, 0.05) is 20.1 Å². The smallest absolute Gasteiger partial charge is 0.238 e. The van der Waals surface area contributed by atoms with Crippen molar-refractivity contribution in [3.05, 3.63) is 0 Å². The molecule has 19 heavy (non-hydrogen) atoms. The Hall–Kier alpha value is -0.570. The minimum Gasteiger partial charge on any atom is -0.347 e. The Kier molecular flexibility index (Phi) is 5.84. The fourth-order valence-electron chi connectivity index (χ4n) is 3.14. The maximum Gasteiger partial charge on any atom is 0.238 e. The molecule has 0 saturated heterocycles. The second-order valence-corrected chi connectivity index (χ2v) is 7.01. The third-order valence-electron chi connectivity index (χ3n) is 5.04. The Morgan fingerprint density at radius 1 is 1.26 bits per heavy atom. The van der Waals surface area contributed by atoms with Crippen LogP contribution in [0.25, 0.3) is 0 Å². The van der Waals surface area contributed by atoms with Gasteiger partial charge in [-0.05, 0) is 43.9 Å². The highest BCUT2D eigenvalue weighted by molar-refractivity contribution is 5.80. The van der Waals surface area contributed by atoms with Gasteiger partial charge in [-0.1, -0.05) is 27.2 Å². The average Bonchev–Trinajstić information content (AvgIpc) is 2.38. The Morgan fingerprint density at radius 3 is 2.21 bits per heavy atom. The van der Waals surface area contributed by atoms with Gasteiger partial charge in [0.15, 0.2) is 0 Å². The SMILES string of the molecule is CCC(C)(C)C1CCC(NC(C)C(=O)N(C)C)CC1. The van der Waals surface area contributed by atoms with Crippen molar-refractivity contribution in [1.82, 2.24) is 10.2 Å². The summed E-state index contributed by atoms with van der Waals surface area (Å²) in [6.07, 6.45) is 6.26. The largest absolute Gasteiger partial charge is 0.347 e. The van der Waals surface area contributed by atoms with E-state index in [1.165, 1.54) is 32.1 Å². The van der Waals surface area contributed by atoms with E-state index in [0.29, 0.717) is 11.5 Å². The second kappa shape index (κ2) is 6.74. The summed E-state index contributed by atoms with van der Waals surface area (Å²) in [7, 11) is 3.64. The molecule has 0 aliphatic heterocycles. The van der Waals surface area contributed by atoms with Crippen LogP contribution >= 0.6 is 0 Å². The maximum atomic E-state index is 11.8. The van der Waals surface area contributed by atoms with Crippen LogP contribution in [-0.2, 0) is 4.79 Å². The number of hydrogen-bond donors (Lipinski definition) is 1. The summed E-state index contributed by atoms with van der Waals surface area (Å²) in [5, 5.41) is 3.50. The van der Waals surface area contributed by atoms with E-state index in [1.54, 1.807) is 4.90 Å². The van der Waals surface area contributed by atoms with Gasteiger partial charge >= 0.3 is 0 Å². The molecule has 3 nitrogen and oxygen atoms in total. The number of amides is 1. The summed E-state index contributed by atoms with van der Waals surface area (Å²) in [4.78, 5) is 13.5. The van der Waals surface area contributed by atoms with Gasteiger partial charge in [-0.3, -0.25) is 4.79 Å². The van der Waals surface area contributed by atoms with Crippen molar-refractivity contribution in [3.63, 3.8) is 0 Å². The van der Waals surface area contributed by atoms with Crippen molar-refractivity contribution in [1.29, 1.82) is 0 Å². The molecule has 1 fully saturated rings. The topological polar surface area (TPSA) is 32.3 Å². The zero-order valence-corrected chi connectivity index (χ0v) is 13.6. The van der Waals surface area contributed by atoms with Crippen LogP contribution in [0.1, 0.15) is 59.8 Å². The molecule has 1 N–H and O–H groups in total. The van der Waals surface area contributed by atoms with Gasteiger partial charge in [-0.2, -0.15) is 0 Å². The van der Waals surface area contributed by atoms with Gasteiger partial charge in [-0.15, -0.1) is 0 Å². The first-order chi connectivity index (χ1) is 8.77. The molecular weight excluding hydrogens is 236 g/mol. The first-order valence-electron chi connectivity index (χ1n) is 7.75. The number of hydrogen-bond acceptors (Lipinski definition) is 2. The lowest BCUT2D eigenvalue weighted by Crippen LogP contribution is -2.47. The van der Waals surface area contributed by atoms with Crippen LogP contribution < -0.4 is 5.32 Å². The Balaban J connectivity index is 2.41. The van der Waals surface area contributed by atoms with Crippen LogP contribution in [0.3, 0.4) is 0 Å². The van der Waals surface area contributed by atoms with E-state index in [1.807, 2.05) is 21.0 Å². The number of likely N-dealkylation sites (N-methyl/N-ethyl adjacent to an activating group) is 1. The third kappa shape index (κ3) is 4.48. The molecule has 1 saturated carbocycles. The lowest BCUT2D eigenvalue weighted by atomic mass is 9.69. The van der Waals surface area contributed by atoms with Gasteiger partial charge in [0.2, 0.25) is 5.91 Å². The highest BCUT2D eigenvalue weighted by atomic mass is 16.2. The zero-order chi connectivity index (χ0) is 14.6.